The third-order valence-corrected chi connectivity index (χ3v) is 4.22. The molecule has 2 aromatic rings. The van der Waals surface area contributed by atoms with Gasteiger partial charge in [0.25, 0.3) is 5.69 Å². The van der Waals surface area contributed by atoms with Gasteiger partial charge in [0.1, 0.15) is 11.7 Å². The minimum Gasteiger partial charge on any atom is -0.348 e. The lowest BCUT2D eigenvalue weighted by atomic mass is 10.1. The molecule has 0 unspecified atom stereocenters. The van der Waals surface area contributed by atoms with Gasteiger partial charge in [0.2, 0.25) is 0 Å². The summed E-state index contributed by atoms with van der Waals surface area (Å²) in [6.07, 6.45) is -4.13. The highest BCUT2D eigenvalue weighted by Crippen LogP contribution is 2.39. The van der Waals surface area contributed by atoms with Crippen LogP contribution in [0.1, 0.15) is 17.3 Å². The second-order valence-corrected chi connectivity index (χ2v) is 6.31. The molecule has 0 saturated heterocycles. The summed E-state index contributed by atoms with van der Waals surface area (Å²) in [5.74, 6) is 0. The first-order valence-electron chi connectivity index (χ1n) is 7.39. The van der Waals surface area contributed by atoms with Crippen LogP contribution >= 0.6 is 15.9 Å². The second kappa shape index (κ2) is 7.88. The molecule has 1 atom stereocenters. The van der Waals surface area contributed by atoms with Gasteiger partial charge >= 0.3 is 6.18 Å². The number of nitrogens with zero attached hydrogens (tertiary/aromatic N) is 2. The maximum Gasteiger partial charge on any atom is 0.423 e. The molecule has 2 aromatic carbocycles. The molecule has 9 heteroatoms. The fraction of sp³-hybridized carbons (Fsp3) is 0.176. The Morgan fingerprint density at radius 3 is 2.38 bits per heavy atom. The Balaban J connectivity index is 2.51. The van der Waals surface area contributed by atoms with Crippen molar-refractivity contribution in [3.8, 4) is 0 Å². The lowest BCUT2D eigenvalue weighted by Gasteiger charge is -2.31. The summed E-state index contributed by atoms with van der Waals surface area (Å²) >= 11 is 3.30. The highest BCUT2D eigenvalue weighted by Gasteiger charge is 2.39. The van der Waals surface area contributed by atoms with Crippen molar-refractivity contribution < 1.29 is 18.1 Å². The van der Waals surface area contributed by atoms with Crippen molar-refractivity contribution in [2.75, 3.05) is 11.4 Å². The molecule has 0 fully saturated rings. The highest BCUT2D eigenvalue weighted by atomic mass is 79.9. The maximum absolute atomic E-state index is 13.2. The first-order valence-corrected chi connectivity index (χ1v) is 8.18. The highest BCUT2D eigenvalue weighted by molar-refractivity contribution is 9.10. The summed E-state index contributed by atoms with van der Waals surface area (Å²) in [5, 5.41) is 10.9. The molecule has 0 aromatic heterocycles. The molecule has 0 heterocycles. The van der Waals surface area contributed by atoms with Gasteiger partial charge in [-0.3, -0.25) is 10.1 Å². The number of benzene rings is 2. The Morgan fingerprint density at radius 1 is 1.27 bits per heavy atom. The molecule has 5 nitrogen and oxygen atoms in total. The summed E-state index contributed by atoms with van der Waals surface area (Å²) in [6, 6.07) is 9.82. The van der Waals surface area contributed by atoms with E-state index in [-0.39, 0.29) is 12.2 Å². The van der Waals surface area contributed by atoms with Crippen molar-refractivity contribution in [2.45, 2.75) is 12.3 Å². The summed E-state index contributed by atoms with van der Waals surface area (Å²) in [6.45, 7) is 3.76. The van der Waals surface area contributed by atoms with Gasteiger partial charge in [-0.2, -0.15) is 13.2 Å². The van der Waals surface area contributed by atoms with E-state index in [2.05, 4.69) is 22.5 Å². The van der Waals surface area contributed by atoms with Crippen LogP contribution < -0.4 is 10.6 Å². The number of anilines is 1. The van der Waals surface area contributed by atoms with Gasteiger partial charge in [-0.1, -0.05) is 34.1 Å². The van der Waals surface area contributed by atoms with Crippen LogP contribution in [0.15, 0.2) is 59.6 Å². The molecule has 0 saturated carbocycles. The summed E-state index contributed by atoms with van der Waals surface area (Å²) < 4.78 is 40.5. The van der Waals surface area contributed by atoms with Gasteiger partial charge in [-0.05, 0) is 29.8 Å². The smallest absolute Gasteiger partial charge is 0.348 e. The van der Waals surface area contributed by atoms with Crippen LogP contribution in [-0.4, -0.2) is 11.5 Å². The Bertz CT molecular complexity index is 810. The molecule has 2 rings (SSSR count). The van der Waals surface area contributed by atoms with Crippen LogP contribution in [-0.2, 0) is 6.18 Å². The van der Waals surface area contributed by atoms with E-state index in [0.29, 0.717) is 5.56 Å². The van der Waals surface area contributed by atoms with Crippen LogP contribution in [0.3, 0.4) is 0 Å². The van der Waals surface area contributed by atoms with Gasteiger partial charge in [-0.15, -0.1) is 6.58 Å². The molecule has 138 valence electrons. The van der Waals surface area contributed by atoms with Crippen LogP contribution in [0.2, 0.25) is 0 Å². The molecule has 0 spiro atoms. The van der Waals surface area contributed by atoms with Gasteiger partial charge in [-0.25, -0.2) is 0 Å². The van der Waals surface area contributed by atoms with Gasteiger partial charge in [0.15, 0.2) is 0 Å². The topological polar surface area (TPSA) is 72.4 Å². The van der Waals surface area contributed by atoms with Crippen LogP contribution in [0.4, 0.5) is 24.5 Å². The molecule has 0 amide bonds. The SMILES string of the molecule is C=CCN(c1ccc([N+](=O)[O-])c(C(F)(F)F)c1)[C@H](N)c1ccc(Br)cc1. The minimum absolute atomic E-state index is 0.109. The second-order valence-electron chi connectivity index (χ2n) is 5.39. The first-order chi connectivity index (χ1) is 12.1. The number of halogens is 4. The number of rotatable bonds is 6. The molecule has 0 radical (unpaired) electrons. The van der Waals surface area contributed by atoms with Crippen LogP contribution in [0.5, 0.6) is 0 Å². The Kier molecular flexibility index (Phi) is 6.04. The largest absolute Gasteiger partial charge is 0.423 e. The van der Waals surface area contributed by atoms with E-state index in [1.807, 2.05) is 0 Å². The number of hydrogen-bond donors (Lipinski definition) is 1. The van der Waals surface area contributed by atoms with Crippen molar-refractivity contribution in [3.05, 3.63) is 80.8 Å². The van der Waals surface area contributed by atoms with Crippen molar-refractivity contribution in [3.63, 3.8) is 0 Å². The number of alkyl halides is 3. The third-order valence-electron chi connectivity index (χ3n) is 3.69. The molecule has 2 N–H and O–H groups in total. The number of nitro groups is 1. The molecule has 0 aliphatic rings. The molecule has 0 aliphatic heterocycles. The van der Waals surface area contributed by atoms with E-state index in [4.69, 9.17) is 5.73 Å². The fourth-order valence-electron chi connectivity index (χ4n) is 2.45. The van der Waals surface area contributed by atoms with E-state index >= 15 is 0 Å². The monoisotopic (exact) mass is 429 g/mol. The molecular formula is C17H15BrF3N3O2. The number of nitro benzene ring substituents is 1. The lowest BCUT2D eigenvalue weighted by molar-refractivity contribution is -0.388. The Labute approximate surface area is 156 Å². The van der Waals surface area contributed by atoms with E-state index in [1.165, 1.54) is 17.0 Å². The maximum atomic E-state index is 13.2. The molecule has 0 aliphatic carbocycles. The van der Waals surface area contributed by atoms with Crippen molar-refractivity contribution in [2.24, 2.45) is 5.73 Å². The van der Waals surface area contributed by atoms with Gasteiger partial charge in [0.05, 0.1) is 4.92 Å². The zero-order valence-electron chi connectivity index (χ0n) is 13.4. The van der Waals surface area contributed by atoms with Gasteiger partial charge < -0.3 is 10.6 Å². The molecule has 0 bridgehead atoms. The average molecular weight is 430 g/mol. The quantitative estimate of drug-likeness (QED) is 0.302. The molecule has 26 heavy (non-hydrogen) atoms. The first kappa shape index (κ1) is 19.9. The third kappa shape index (κ3) is 4.41. The fourth-order valence-corrected chi connectivity index (χ4v) is 2.71. The number of nitrogens with two attached hydrogens (primary N) is 1. The predicted octanol–water partition coefficient (Wildman–Crippen LogP) is 5.03. The Hall–Kier alpha value is -2.39. The van der Waals surface area contributed by atoms with E-state index in [0.717, 1.165) is 16.6 Å². The van der Waals surface area contributed by atoms with E-state index in [1.54, 1.807) is 24.3 Å². The van der Waals surface area contributed by atoms with Crippen LogP contribution in [0.25, 0.3) is 0 Å². The zero-order valence-corrected chi connectivity index (χ0v) is 15.0. The normalized spacial score (nSPS) is 12.5. The summed E-state index contributed by atoms with van der Waals surface area (Å²) in [4.78, 5) is 11.3. The van der Waals surface area contributed by atoms with Crippen molar-refractivity contribution in [1.82, 2.24) is 0 Å². The van der Waals surface area contributed by atoms with Gasteiger partial charge in [0, 0.05) is 22.8 Å². The standard InChI is InChI=1S/C17H15BrF3N3O2/c1-2-9-23(16(22)11-3-5-12(18)6-4-11)13-7-8-15(24(25)26)14(10-13)17(19,20)21/h2-8,10,16H,1,9,22H2/t16-/m0/s1. The minimum atomic E-state index is -4.86. The Morgan fingerprint density at radius 2 is 1.88 bits per heavy atom. The number of hydrogen-bond acceptors (Lipinski definition) is 4. The summed E-state index contributed by atoms with van der Waals surface area (Å²) in [5.41, 5.74) is 4.67. The average Bonchev–Trinajstić information content (AvgIpc) is 2.58. The molecular weight excluding hydrogens is 415 g/mol. The zero-order chi connectivity index (χ0) is 19.5. The lowest BCUT2D eigenvalue weighted by Crippen LogP contribution is -2.35. The predicted molar refractivity (Wildman–Crippen MR) is 96.7 cm³/mol. The van der Waals surface area contributed by atoms with Crippen molar-refractivity contribution in [1.29, 1.82) is 0 Å². The van der Waals surface area contributed by atoms with E-state index < -0.39 is 28.5 Å². The summed E-state index contributed by atoms with van der Waals surface area (Å²) in [7, 11) is 0. The van der Waals surface area contributed by atoms with Crippen molar-refractivity contribution >= 4 is 27.3 Å². The van der Waals surface area contributed by atoms with E-state index in [9.17, 15) is 23.3 Å². The van der Waals surface area contributed by atoms with Crippen LogP contribution in [0, 0.1) is 10.1 Å².